The Labute approximate surface area is 337 Å². The SMILES string of the molecule is CCc1cc(C2OC(n3cnc4c(NCC(c5ccc(O)cc5)c5ccc(O)cc5)nc(N5CC[C@@H](NC(=O)Nc6ccc(S(N)(=O)=O)cc6)C5)nc43)C(O)C2O)on1. The van der Waals surface area contributed by atoms with Crippen LogP contribution >= 0.6 is 0 Å². The number of nitrogens with zero attached hydrogens (tertiary/aromatic N) is 6. The number of aromatic nitrogens is 5. The average molecular weight is 827 g/mol. The maximum Gasteiger partial charge on any atom is 0.319 e. The number of ether oxygens (including phenoxy) is 1. The van der Waals surface area contributed by atoms with Gasteiger partial charge >= 0.3 is 6.03 Å². The number of carbonyl (C=O) groups is 1. The lowest BCUT2D eigenvalue weighted by molar-refractivity contribution is -0.0434. The molecule has 59 heavy (non-hydrogen) atoms. The topological polar surface area (TPSA) is 276 Å². The number of carbonyl (C=O) groups excluding carboxylic acids is 1. The number of fused-ring (bicyclic) bond motifs is 1. The minimum atomic E-state index is -3.89. The van der Waals surface area contributed by atoms with Gasteiger partial charge in [-0.3, -0.25) is 4.57 Å². The number of primary sulfonamides is 1. The number of hydrogen-bond acceptors (Lipinski definition) is 15. The first-order valence-corrected chi connectivity index (χ1v) is 20.4. The van der Waals surface area contributed by atoms with Gasteiger partial charge in [0.2, 0.25) is 16.0 Å². The first-order valence-electron chi connectivity index (χ1n) is 18.8. The Balaban J connectivity index is 1.08. The summed E-state index contributed by atoms with van der Waals surface area (Å²) in [7, 11) is -3.89. The number of phenolic OH excluding ortho intramolecular Hbond substituents is 2. The summed E-state index contributed by atoms with van der Waals surface area (Å²) in [5.74, 6) is 0.886. The third-order valence-electron chi connectivity index (χ3n) is 10.5. The van der Waals surface area contributed by atoms with E-state index in [1.807, 2.05) is 36.1 Å². The van der Waals surface area contributed by atoms with E-state index in [1.165, 1.54) is 35.2 Å². The van der Waals surface area contributed by atoms with Crippen molar-refractivity contribution < 1.29 is 42.9 Å². The van der Waals surface area contributed by atoms with Crippen LogP contribution in [0.15, 0.2) is 94.6 Å². The van der Waals surface area contributed by atoms with E-state index < -0.39 is 40.6 Å². The summed E-state index contributed by atoms with van der Waals surface area (Å²) in [6, 6.07) is 20.0. The van der Waals surface area contributed by atoms with E-state index in [0.717, 1.165) is 11.1 Å². The van der Waals surface area contributed by atoms with E-state index in [0.29, 0.717) is 66.8 Å². The van der Waals surface area contributed by atoms with E-state index in [2.05, 4.69) is 26.1 Å². The van der Waals surface area contributed by atoms with Gasteiger partial charge in [-0.25, -0.2) is 23.3 Å². The van der Waals surface area contributed by atoms with Crippen LogP contribution in [0.4, 0.5) is 22.2 Å². The maximum absolute atomic E-state index is 13.0. The minimum absolute atomic E-state index is 0.0799. The summed E-state index contributed by atoms with van der Waals surface area (Å²) < 4.78 is 36.4. The number of aryl methyl sites for hydroxylation is 1. The summed E-state index contributed by atoms with van der Waals surface area (Å²) in [6.07, 6.45) is -2.28. The van der Waals surface area contributed by atoms with Crippen molar-refractivity contribution in [1.29, 1.82) is 0 Å². The van der Waals surface area contributed by atoms with Crippen LogP contribution in [0.2, 0.25) is 0 Å². The lowest BCUT2D eigenvalue weighted by Gasteiger charge is -2.22. The molecule has 2 aliphatic rings. The van der Waals surface area contributed by atoms with E-state index in [9.17, 15) is 33.6 Å². The number of benzene rings is 3. The second-order valence-corrected chi connectivity index (χ2v) is 16.0. The molecule has 20 heteroatoms. The Bertz CT molecular complexity index is 2510. The molecule has 0 aliphatic carbocycles. The maximum atomic E-state index is 13.0. The number of aromatic hydroxyl groups is 2. The van der Waals surface area contributed by atoms with E-state index in [1.54, 1.807) is 30.3 Å². The van der Waals surface area contributed by atoms with Crippen molar-refractivity contribution in [1.82, 2.24) is 30.0 Å². The molecule has 5 atom stereocenters. The summed E-state index contributed by atoms with van der Waals surface area (Å²) in [5.41, 5.74) is 3.45. The van der Waals surface area contributed by atoms with Gasteiger partial charge in [-0.15, -0.1) is 0 Å². The van der Waals surface area contributed by atoms with Crippen molar-refractivity contribution in [3.05, 3.63) is 108 Å². The fourth-order valence-corrected chi connectivity index (χ4v) is 7.81. The molecule has 19 nitrogen and oxygen atoms in total. The molecule has 0 radical (unpaired) electrons. The number of sulfonamides is 1. The monoisotopic (exact) mass is 826 g/mol. The highest BCUT2D eigenvalue weighted by Crippen LogP contribution is 2.41. The molecule has 8 rings (SSSR count). The van der Waals surface area contributed by atoms with Crippen LogP contribution in [0.5, 0.6) is 11.5 Å². The van der Waals surface area contributed by atoms with Crippen molar-refractivity contribution in [2.45, 2.75) is 61.2 Å². The first-order chi connectivity index (χ1) is 28.3. The number of aliphatic hydroxyl groups excluding tert-OH is 2. The number of aliphatic hydroxyl groups is 2. The highest BCUT2D eigenvalue weighted by molar-refractivity contribution is 7.89. The molecule has 2 amide bonds. The van der Waals surface area contributed by atoms with Gasteiger partial charge in [-0.1, -0.05) is 36.3 Å². The van der Waals surface area contributed by atoms with Gasteiger partial charge in [-0.2, -0.15) is 9.97 Å². The highest BCUT2D eigenvalue weighted by atomic mass is 32.2. The molecule has 0 spiro atoms. The Hall–Kier alpha value is -6.32. The van der Waals surface area contributed by atoms with E-state index in [4.69, 9.17) is 24.4 Å². The zero-order valence-corrected chi connectivity index (χ0v) is 32.4. The third-order valence-corrected chi connectivity index (χ3v) is 11.4. The fourth-order valence-electron chi connectivity index (χ4n) is 7.29. The van der Waals surface area contributed by atoms with Crippen LogP contribution in [0.3, 0.4) is 0 Å². The number of anilines is 3. The molecule has 2 saturated heterocycles. The summed E-state index contributed by atoms with van der Waals surface area (Å²) >= 11 is 0. The summed E-state index contributed by atoms with van der Waals surface area (Å²) in [4.78, 5) is 29.2. The molecule has 2 fully saturated rings. The van der Waals surface area contributed by atoms with Crippen LogP contribution in [-0.2, 0) is 21.2 Å². The third kappa shape index (κ3) is 8.34. The lowest BCUT2D eigenvalue weighted by Crippen LogP contribution is -2.40. The van der Waals surface area contributed by atoms with Crippen molar-refractivity contribution >= 4 is 44.7 Å². The first kappa shape index (κ1) is 39.5. The normalized spacial score (nSPS) is 20.7. The van der Waals surface area contributed by atoms with Crippen LogP contribution in [0, 0.1) is 0 Å². The number of rotatable bonds is 12. The quantitative estimate of drug-likeness (QED) is 0.0881. The smallest absolute Gasteiger partial charge is 0.319 e. The largest absolute Gasteiger partial charge is 0.508 e. The van der Waals surface area contributed by atoms with E-state index >= 15 is 0 Å². The van der Waals surface area contributed by atoms with E-state index in [-0.39, 0.29) is 34.1 Å². The molecule has 6 aromatic rings. The fraction of sp³-hybridized carbons (Fsp3) is 0.308. The molecule has 308 valence electrons. The van der Waals surface area contributed by atoms with Crippen molar-refractivity contribution in [3.8, 4) is 11.5 Å². The standard InChI is InChI=1S/C39H42N10O9S/c1-2-23-17-30(58-47-23)34-32(52)33(53)37(57-34)49-20-42-31-35(41-18-29(21-3-9-26(50)10-4-21)22-5-11-27(51)12-6-22)45-38(46-36(31)49)48-16-15-25(19-48)44-39(54)43-24-7-13-28(14-8-24)59(40,55)56/h3-14,17,20,25,29,32-34,37,50-53H,2,15-16,18-19H2,1H3,(H2,40,55,56)(H,41,45,46)(H2,43,44,54)/t25-,32?,33?,34?,37?/m1/s1. The summed E-state index contributed by atoms with van der Waals surface area (Å²) in [6.45, 7) is 3.00. The molecule has 0 bridgehead atoms. The number of nitrogens with one attached hydrogen (secondary N) is 3. The van der Waals surface area contributed by atoms with Gasteiger partial charge in [0, 0.05) is 43.3 Å². The highest BCUT2D eigenvalue weighted by Gasteiger charge is 2.47. The van der Waals surface area contributed by atoms with Crippen LogP contribution in [-0.4, -0.2) is 97.4 Å². The Morgan fingerprint density at radius 1 is 0.966 bits per heavy atom. The van der Waals surface area contributed by atoms with Gasteiger partial charge in [0.1, 0.15) is 29.8 Å². The zero-order chi connectivity index (χ0) is 41.4. The molecular formula is C39H42N10O9S. The number of urea groups is 1. The van der Waals surface area contributed by atoms with Gasteiger partial charge in [0.25, 0.3) is 0 Å². The van der Waals surface area contributed by atoms with Crippen molar-refractivity contribution in [2.75, 3.05) is 35.2 Å². The Morgan fingerprint density at radius 3 is 2.27 bits per heavy atom. The Morgan fingerprint density at radius 2 is 1.64 bits per heavy atom. The number of amides is 2. The predicted molar refractivity (Wildman–Crippen MR) is 213 cm³/mol. The number of imidazole rings is 1. The summed E-state index contributed by atoms with van der Waals surface area (Å²) in [5, 5.41) is 60.7. The molecule has 3 aromatic heterocycles. The lowest BCUT2D eigenvalue weighted by atomic mass is 9.91. The molecular weight excluding hydrogens is 785 g/mol. The van der Waals surface area contributed by atoms with Crippen molar-refractivity contribution in [3.63, 3.8) is 0 Å². The zero-order valence-electron chi connectivity index (χ0n) is 31.6. The minimum Gasteiger partial charge on any atom is -0.508 e. The second-order valence-electron chi connectivity index (χ2n) is 14.4. The van der Waals surface area contributed by atoms with Gasteiger partial charge < -0.3 is 50.5 Å². The number of hydrogen-bond donors (Lipinski definition) is 8. The van der Waals surface area contributed by atoms with Crippen molar-refractivity contribution in [2.24, 2.45) is 5.14 Å². The van der Waals surface area contributed by atoms with Crippen LogP contribution in [0.1, 0.15) is 54.2 Å². The van der Waals surface area contributed by atoms with Gasteiger partial charge in [0.05, 0.1) is 16.9 Å². The molecule has 5 heterocycles. The predicted octanol–water partition coefficient (Wildman–Crippen LogP) is 3.07. The number of phenols is 2. The van der Waals surface area contributed by atoms with Gasteiger partial charge in [-0.05, 0) is 72.5 Å². The van der Waals surface area contributed by atoms with Crippen LogP contribution < -0.4 is 26.0 Å². The molecule has 4 unspecified atom stereocenters. The average Bonchev–Trinajstić information content (AvgIpc) is 4.03. The Kier molecular flexibility index (Phi) is 10.8. The molecule has 3 aromatic carbocycles. The van der Waals surface area contributed by atoms with Gasteiger partial charge in [0.15, 0.2) is 29.0 Å². The number of nitrogens with two attached hydrogens (primary N) is 1. The molecule has 2 aliphatic heterocycles. The molecule has 9 N–H and O–H groups in total. The second kappa shape index (κ2) is 16.1. The molecule has 0 saturated carbocycles. The van der Waals surface area contributed by atoms with Crippen LogP contribution in [0.25, 0.3) is 11.2 Å².